The Kier molecular flexibility index (Phi) is 9.05. The monoisotopic (exact) mass is 654 g/mol. The Morgan fingerprint density at radius 1 is 0.949 bits per heavy atom. The van der Waals surface area contributed by atoms with Crippen molar-refractivity contribution in [1.29, 1.82) is 0 Å². The van der Waals surface area contributed by atoms with Crippen molar-refractivity contribution in [3.63, 3.8) is 0 Å². The van der Waals surface area contributed by atoms with Gasteiger partial charge in [0.1, 0.15) is 5.75 Å². The van der Waals surface area contributed by atoms with Gasteiger partial charge in [0.25, 0.3) is 5.91 Å². The van der Waals surface area contributed by atoms with E-state index in [0.717, 1.165) is 58.0 Å². The average Bonchev–Trinajstić information content (AvgIpc) is 3.35. The summed E-state index contributed by atoms with van der Waals surface area (Å²) in [6, 6.07) is 23.6. The quantitative estimate of drug-likeness (QED) is 0.268. The summed E-state index contributed by atoms with van der Waals surface area (Å²) in [5.41, 5.74) is 1.57. The summed E-state index contributed by atoms with van der Waals surface area (Å²) in [7, 11) is 0. The molecule has 204 valence electrons. The summed E-state index contributed by atoms with van der Waals surface area (Å²) in [4.78, 5) is 21.7. The minimum absolute atomic E-state index is 0.0111. The molecule has 0 spiro atoms. The lowest BCUT2D eigenvalue weighted by Gasteiger charge is -2.37. The van der Waals surface area contributed by atoms with E-state index in [-0.39, 0.29) is 12.5 Å². The lowest BCUT2D eigenvalue weighted by Crippen LogP contribution is -2.53. The van der Waals surface area contributed by atoms with Gasteiger partial charge in [-0.15, -0.1) is 0 Å². The van der Waals surface area contributed by atoms with Crippen LogP contribution in [-0.4, -0.2) is 53.7 Å². The predicted octanol–water partition coefficient (Wildman–Crippen LogP) is 6.48. The van der Waals surface area contributed by atoms with Gasteiger partial charge in [0.15, 0.2) is 11.6 Å². The number of carbonyl (C=O) groups excluding carboxylic acids is 1. The maximum Gasteiger partial charge on any atom is 0.255 e. The zero-order valence-electron chi connectivity index (χ0n) is 21.7. The van der Waals surface area contributed by atoms with E-state index < -0.39 is 11.6 Å². The number of piperidine rings is 1. The summed E-state index contributed by atoms with van der Waals surface area (Å²) in [6.45, 7) is 2.00. The first-order valence-corrected chi connectivity index (χ1v) is 15.0. The maximum atomic E-state index is 14.5. The van der Waals surface area contributed by atoms with E-state index in [1.165, 1.54) is 0 Å². The molecule has 8 heteroatoms. The smallest absolute Gasteiger partial charge is 0.255 e. The summed E-state index contributed by atoms with van der Waals surface area (Å²) < 4.78 is 14.3. The molecule has 2 heterocycles. The molecule has 0 aliphatic carbocycles. The van der Waals surface area contributed by atoms with Crippen LogP contribution in [0.2, 0.25) is 0 Å². The number of ether oxygens (including phenoxy) is 2. The van der Waals surface area contributed by atoms with E-state index in [0.29, 0.717) is 31.1 Å². The highest BCUT2D eigenvalue weighted by molar-refractivity contribution is 9.10. The number of aliphatic hydroxyl groups excluding tert-OH is 1. The van der Waals surface area contributed by atoms with Crippen molar-refractivity contribution in [2.24, 2.45) is 4.99 Å². The van der Waals surface area contributed by atoms with Gasteiger partial charge in [-0.05, 0) is 78.9 Å². The maximum absolute atomic E-state index is 14.5. The van der Waals surface area contributed by atoms with Crippen LogP contribution >= 0.6 is 31.9 Å². The molecule has 2 aliphatic heterocycles. The molecule has 6 nitrogen and oxygen atoms in total. The number of amides is 1. The lowest BCUT2D eigenvalue weighted by atomic mass is 9.81. The minimum atomic E-state index is -1.15. The van der Waals surface area contributed by atoms with Crippen LogP contribution in [0.1, 0.15) is 48.5 Å². The van der Waals surface area contributed by atoms with Gasteiger partial charge >= 0.3 is 0 Å². The highest BCUT2D eigenvalue weighted by atomic mass is 79.9. The van der Waals surface area contributed by atoms with Crippen molar-refractivity contribution in [2.75, 3.05) is 26.3 Å². The summed E-state index contributed by atoms with van der Waals surface area (Å²) in [5.74, 6) is 1.17. The molecule has 1 amide bonds. The molecule has 2 aliphatic rings. The summed E-state index contributed by atoms with van der Waals surface area (Å²) >= 11 is 7.07. The zero-order chi connectivity index (χ0) is 27.2. The minimum Gasteiger partial charge on any atom is -0.494 e. The lowest BCUT2D eigenvalue weighted by molar-refractivity contribution is -0.140. The molecule has 0 bridgehead atoms. The molecule has 3 aromatic rings. The van der Waals surface area contributed by atoms with Gasteiger partial charge in [-0.25, -0.2) is 4.99 Å². The Bertz CT molecular complexity index is 1290. The normalized spacial score (nSPS) is 20.8. The molecular weight excluding hydrogens is 624 g/mol. The third-order valence-electron chi connectivity index (χ3n) is 7.21. The molecule has 1 N–H and O–H groups in total. The van der Waals surface area contributed by atoms with Crippen molar-refractivity contribution in [1.82, 2.24) is 4.90 Å². The number of likely N-dealkylation sites (tertiary alicyclic amines) is 1. The summed E-state index contributed by atoms with van der Waals surface area (Å²) in [5, 5.41) is 9.02. The molecule has 0 aromatic heterocycles. The Labute approximate surface area is 246 Å². The van der Waals surface area contributed by atoms with Crippen LogP contribution in [0.15, 0.2) is 86.7 Å². The highest BCUT2D eigenvalue weighted by Gasteiger charge is 2.54. The van der Waals surface area contributed by atoms with E-state index in [1.54, 1.807) is 0 Å². The second-order valence-electron chi connectivity index (χ2n) is 10.00. The van der Waals surface area contributed by atoms with Crippen molar-refractivity contribution in [2.45, 2.75) is 43.7 Å². The number of hydrogen-bond donors (Lipinski definition) is 1. The molecule has 5 rings (SSSR count). The van der Waals surface area contributed by atoms with Crippen LogP contribution in [-0.2, 0) is 16.0 Å². The van der Waals surface area contributed by atoms with Crippen LogP contribution in [0.4, 0.5) is 0 Å². The van der Waals surface area contributed by atoms with Crippen LogP contribution in [0.25, 0.3) is 0 Å². The number of benzene rings is 3. The highest BCUT2D eigenvalue weighted by Crippen LogP contribution is 2.44. The molecule has 0 radical (unpaired) electrons. The van der Waals surface area contributed by atoms with Gasteiger partial charge in [-0.2, -0.15) is 0 Å². The number of nitrogens with zero attached hydrogens (tertiary/aromatic N) is 2. The van der Waals surface area contributed by atoms with Crippen molar-refractivity contribution in [3.8, 4) is 5.75 Å². The Hall–Kier alpha value is -2.68. The van der Waals surface area contributed by atoms with Gasteiger partial charge in [-0.3, -0.25) is 4.79 Å². The van der Waals surface area contributed by atoms with Crippen molar-refractivity contribution in [3.05, 3.63) is 98.4 Å². The number of rotatable bonds is 9. The first kappa shape index (κ1) is 27.9. The topological polar surface area (TPSA) is 71.4 Å². The van der Waals surface area contributed by atoms with E-state index in [2.05, 4.69) is 31.9 Å². The second kappa shape index (κ2) is 12.7. The third kappa shape index (κ3) is 6.39. The third-order valence-corrected chi connectivity index (χ3v) is 8.27. The van der Waals surface area contributed by atoms with Gasteiger partial charge in [0.2, 0.25) is 5.90 Å². The van der Waals surface area contributed by atoms with E-state index in [9.17, 15) is 4.79 Å². The molecule has 2 atom stereocenters. The van der Waals surface area contributed by atoms with E-state index in [1.807, 2.05) is 77.7 Å². The average molecular weight is 656 g/mol. The van der Waals surface area contributed by atoms with Crippen molar-refractivity contribution < 1.29 is 19.4 Å². The van der Waals surface area contributed by atoms with Gasteiger partial charge in [0.05, 0.1) is 6.61 Å². The van der Waals surface area contributed by atoms with Gasteiger partial charge in [-0.1, -0.05) is 56.1 Å². The first-order chi connectivity index (χ1) is 19.0. The van der Waals surface area contributed by atoms with Crippen LogP contribution in [0.5, 0.6) is 5.75 Å². The van der Waals surface area contributed by atoms with Crippen LogP contribution in [0.3, 0.4) is 0 Å². The van der Waals surface area contributed by atoms with Crippen LogP contribution < -0.4 is 4.74 Å². The molecule has 0 saturated carbocycles. The van der Waals surface area contributed by atoms with Gasteiger partial charge in [0, 0.05) is 47.0 Å². The number of aliphatic hydroxyl groups is 1. The standard InChI is InChI=1S/C31H32Br2N2O4/c32-25-11-5-22(6-12-25)21-31(30(37)35-17-2-1-3-18-35)28(23-7-13-26(33)14-8-23)39-29(34-31)24-9-15-27(16-10-24)38-20-4-19-36/h5-16,28,36H,1-4,17-21H2/t28-,31-/m1/s1. The summed E-state index contributed by atoms with van der Waals surface area (Å²) in [6.07, 6.45) is 3.54. The Morgan fingerprint density at radius 2 is 1.59 bits per heavy atom. The fourth-order valence-electron chi connectivity index (χ4n) is 5.19. The molecule has 1 saturated heterocycles. The van der Waals surface area contributed by atoms with E-state index in [4.69, 9.17) is 19.6 Å². The molecule has 0 unspecified atom stereocenters. The molecule has 1 fully saturated rings. The molecule has 39 heavy (non-hydrogen) atoms. The fourth-order valence-corrected chi connectivity index (χ4v) is 5.72. The molecule has 3 aromatic carbocycles. The predicted molar refractivity (Wildman–Crippen MR) is 159 cm³/mol. The SMILES string of the molecule is O=C(N1CCCCC1)[C@]1(Cc2ccc(Br)cc2)N=C(c2ccc(OCCCO)cc2)O[C@@H]1c1ccc(Br)cc1. The number of hydrogen-bond acceptors (Lipinski definition) is 5. The largest absolute Gasteiger partial charge is 0.494 e. The van der Waals surface area contributed by atoms with E-state index >= 15 is 0 Å². The zero-order valence-corrected chi connectivity index (χ0v) is 24.9. The first-order valence-electron chi connectivity index (χ1n) is 13.4. The van der Waals surface area contributed by atoms with Crippen LogP contribution in [0, 0.1) is 0 Å². The van der Waals surface area contributed by atoms with Crippen molar-refractivity contribution >= 4 is 43.7 Å². The number of halogens is 2. The number of aliphatic imine (C=N–C) groups is 1. The fraction of sp³-hybridized carbons (Fsp3) is 0.355. The van der Waals surface area contributed by atoms with Gasteiger partial charge < -0.3 is 19.5 Å². The number of carbonyl (C=O) groups is 1. The second-order valence-corrected chi connectivity index (χ2v) is 11.8. The Morgan fingerprint density at radius 3 is 2.23 bits per heavy atom. The molecular formula is C31H32Br2N2O4. The Balaban J connectivity index is 1.57.